The van der Waals surface area contributed by atoms with Crippen LogP contribution in [0.2, 0.25) is 0 Å². The molecule has 0 bridgehead atoms. The molecule has 0 aromatic heterocycles. The highest BCUT2D eigenvalue weighted by molar-refractivity contribution is 6.00. The Morgan fingerprint density at radius 1 is 0.750 bits per heavy atom. The largest absolute Gasteiger partial charge is 0.466 e. The van der Waals surface area contributed by atoms with E-state index in [0.717, 1.165) is 38.8 Å². The standard InChI is InChI=1S/C25H17NO2/c27-24-19-12-6-7-13-20(19)25-26(24)23(17-9-2-1-3-10-17)22-18-11-5-4-8-16(18)14-15-21(22)28-25/h1-15,23,25H/t23-,25+/m0/s1. The number of fused-ring (bicyclic) bond motifs is 6. The van der Waals surface area contributed by atoms with E-state index in [1.165, 1.54) is 0 Å². The normalized spacial score (nSPS) is 19.7. The van der Waals surface area contributed by atoms with Crippen LogP contribution in [0.3, 0.4) is 0 Å². The van der Waals surface area contributed by atoms with E-state index in [-0.39, 0.29) is 11.9 Å². The number of nitrogens with zero attached hydrogens (tertiary/aromatic N) is 1. The third-order valence-corrected chi connectivity index (χ3v) is 5.78. The van der Waals surface area contributed by atoms with E-state index in [4.69, 9.17) is 4.74 Å². The Hall–Kier alpha value is -3.59. The maximum atomic E-state index is 13.4. The minimum absolute atomic E-state index is 0.0213. The fourth-order valence-electron chi connectivity index (χ4n) is 4.56. The Balaban J connectivity index is 1.67. The topological polar surface area (TPSA) is 29.5 Å². The minimum Gasteiger partial charge on any atom is -0.466 e. The molecule has 0 aliphatic carbocycles. The first-order chi connectivity index (χ1) is 13.8. The number of ether oxygens (including phenoxy) is 1. The molecule has 3 heteroatoms. The van der Waals surface area contributed by atoms with E-state index in [2.05, 4.69) is 30.3 Å². The van der Waals surface area contributed by atoms with Crippen LogP contribution in [0.5, 0.6) is 5.75 Å². The SMILES string of the molecule is O=C1c2ccccc2[C@H]2Oc3ccc4ccccc4c3[C@H](c3ccccc3)N12. The van der Waals surface area contributed by atoms with Gasteiger partial charge in [0.2, 0.25) is 6.23 Å². The van der Waals surface area contributed by atoms with Gasteiger partial charge >= 0.3 is 0 Å². The molecule has 0 fully saturated rings. The lowest BCUT2D eigenvalue weighted by molar-refractivity contribution is 0.00339. The molecule has 1 amide bonds. The first kappa shape index (κ1) is 15.5. The van der Waals surface area contributed by atoms with Crippen molar-refractivity contribution in [2.24, 2.45) is 0 Å². The fourth-order valence-corrected chi connectivity index (χ4v) is 4.56. The van der Waals surface area contributed by atoms with Gasteiger partial charge in [-0.15, -0.1) is 0 Å². The molecule has 0 N–H and O–H groups in total. The highest BCUT2D eigenvalue weighted by Gasteiger charge is 2.47. The van der Waals surface area contributed by atoms with E-state index in [0.29, 0.717) is 0 Å². The number of hydrogen-bond acceptors (Lipinski definition) is 2. The second-order valence-corrected chi connectivity index (χ2v) is 7.28. The number of carbonyl (C=O) groups excluding carboxylic acids is 1. The third-order valence-electron chi connectivity index (χ3n) is 5.78. The van der Waals surface area contributed by atoms with Gasteiger partial charge in [-0.2, -0.15) is 0 Å². The van der Waals surface area contributed by atoms with Gasteiger partial charge < -0.3 is 4.74 Å². The number of amides is 1. The molecule has 2 heterocycles. The highest BCUT2D eigenvalue weighted by atomic mass is 16.5. The quantitative estimate of drug-likeness (QED) is 0.448. The van der Waals surface area contributed by atoms with Gasteiger partial charge in [0.05, 0.1) is 6.04 Å². The molecule has 0 saturated heterocycles. The molecule has 4 aromatic rings. The van der Waals surface area contributed by atoms with Gasteiger partial charge in [-0.25, -0.2) is 0 Å². The molecular formula is C25H17NO2. The number of hydrogen-bond donors (Lipinski definition) is 0. The van der Waals surface area contributed by atoms with Crippen molar-refractivity contribution in [1.29, 1.82) is 0 Å². The summed E-state index contributed by atoms with van der Waals surface area (Å²) >= 11 is 0. The average Bonchev–Trinajstić information content (AvgIpc) is 3.05. The van der Waals surface area contributed by atoms with Crippen molar-refractivity contribution >= 4 is 16.7 Å². The van der Waals surface area contributed by atoms with Crippen LogP contribution in [0.4, 0.5) is 0 Å². The zero-order chi connectivity index (χ0) is 18.7. The van der Waals surface area contributed by atoms with Crippen LogP contribution in [0.15, 0.2) is 91.0 Å². The van der Waals surface area contributed by atoms with Gasteiger partial charge in [0.1, 0.15) is 5.75 Å². The summed E-state index contributed by atoms with van der Waals surface area (Å²) in [7, 11) is 0. The van der Waals surface area contributed by atoms with Crippen LogP contribution in [-0.2, 0) is 0 Å². The minimum atomic E-state index is -0.400. The summed E-state index contributed by atoms with van der Waals surface area (Å²) < 4.78 is 6.42. The molecule has 2 aliphatic rings. The Morgan fingerprint density at radius 3 is 2.39 bits per heavy atom. The van der Waals surface area contributed by atoms with Crippen LogP contribution < -0.4 is 4.74 Å². The van der Waals surface area contributed by atoms with Gasteiger partial charge in [-0.3, -0.25) is 9.69 Å². The molecule has 2 aliphatic heterocycles. The number of benzene rings is 4. The van der Waals surface area contributed by atoms with E-state index in [1.807, 2.05) is 65.6 Å². The predicted octanol–water partition coefficient (Wildman–Crippen LogP) is 5.48. The Labute approximate surface area is 162 Å². The molecule has 134 valence electrons. The molecule has 3 nitrogen and oxygen atoms in total. The number of rotatable bonds is 1. The molecule has 28 heavy (non-hydrogen) atoms. The fraction of sp³-hybridized carbons (Fsp3) is 0.0800. The summed E-state index contributed by atoms with van der Waals surface area (Å²) in [4.78, 5) is 15.3. The van der Waals surface area contributed by atoms with Crippen molar-refractivity contribution in [3.8, 4) is 5.75 Å². The van der Waals surface area contributed by atoms with E-state index in [9.17, 15) is 4.79 Å². The zero-order valence-corrected chi connectivity index (χ0v) is 15.1. The maximum Gasteiger partial charge on any atom is 0.258 e. The molecule has 2 atom stereocenters. The molecule has 0 spiro atoms. The van der Waals surface area contributed by atoms with Gasteiger partial charge in [0.25, 0.3) is 5.91 Å². The summed E-state index contributed by atoms with van der Waals surface area (Å²) in [6.07, 6.45) is -0.400. The lowest BCUT2D eigenvalue weighted by Gasteiger charge is -2.40. The van der Waals surface area contributed by atoms with E-state index >= 15 is 0 Å². The van der Waals surface area contributed by atoms with Crippen molar-refractivity contribution < 1.29 is 9.53 Å². The lowest BCUT2D eigenvalue weighted by atomic mass is 9.90. The van der Waals surface area contributed by atoms with Crippen molar-refractivity contribution in [3.63, 3.8) is 0 Å². The Morgan fingerprint density at radius 2 is 1.50 bits per heavy atom. The van der Waals surface area contributed by atoms with Gasteiger partial charge in [0, 0.05) is 16.7 Å². The van der Waals surface area contributed by atoms with Gasteiger partial charge in [-0.05, 0) is 28.5 Å². The number of carbonyl (C=O) groups is 1. The second-order valence-electron chi connectivity index (χ2n) is 7.28. The van der Waals surface area contributed by atoms with Crippen molar-refractivity contribution in [2.75, 3.05) is 0 Å². The monoisotopic (exact) mass is 363 g/mol. The lowest BCUT2D eigenvalue weighted by Crippen LogP contribution is -2.39. The third kappa shape index (κ3) is 2.01. The van der Waals surface area contributed by atoms with Crippen molar-refractivity contribution in [3.05, 3.63) is 113 Å². The molecule has 4 aromatic carbocycles. The van der Waals surface area contributed by atoms with Crippen molar-refractivity contribution in [1.82, 2.24) is 4.90 Å². The van der Waals surface area contributed by atoms with Crippen molar-refractivity contribution in [2.45, 2.75) is 12.3 Å². The Bertz CT molecular complexity index is 1230. The predicted molar refractivity (Wildman–Crippen MR) is 108 cm³/mol. The Kier molecular flexibility index (Phi) is 3.15. The molecule has 0 unspecified atom stereocenters. The van der Waals surface area contributed by atoms with Crippen LogP contribution in [0.25, 0.3) is 10.8 Å². The second kappa shape index (κ2) is 5.70. The van der Waals surface area contributed by atoms with E-state index < -0.39 is 6.23 Å². The van der Waals surface area contributed by atoms with Crippen LogP contribution in [-0.4, -0.2) is 10.8 Å². The van der Waals surface area contributed by atoms with Gasteiger partial charge in [-0.1, -0.05) is 78.9 Å². The summed E-state index contributed by atoms with van der Waals surface area (Å²) in [5.41, 5.74) is 3.81. The van der Waals surface area contributed by atoms with Crippen LogP contribution in [0, 0.1) is 0 Å². The van der Waals surface area contributed by atoms with E-state index in [1.54, 1.807) is 0 Å². The molecular weight excluding hydrogens is 346 g/mol. The highest BCUT2D eigenvalue weighted by Crippen LogP contribution is 2.51. The smallest absolute Gasteiger partial charge is 0.258 e. The average molecular weight is 363 g/mol. The summed E-state index contributed by atoms with van der Waals surface area (Å²) in [5, 5.41) is 2.27. The molecule has 0 saturated carbocycles. The summed E-state index contributed by atoms with van der Waals surface area (Å²) in [6, 6.07) is 30.2. The summed E-state index contributed by atoms with van der Waals surface area (Å²) in [6.45, 7) is 0. The van der Waals surface area contributed by atoms with Crippen LogP contribution in [0.1, 0.15) is 39.3 Å². The maximum absolute atomic E-state index is 13.4. The first-order valence-electron chi connectivity index (χ1n) is 9.48. The van der Waals surface area contributed by atoms with Gasteiger partial charge in [0.15, 0.2) is 0 Å². The summed E-state index contributed by atoms with van der Waals surface area (Å²) in [5.74, 6) is 0.867. The van der Waals surface area contributed by atoms with Crippen LogP contribution >= 0.6 is 0 Å². The zero-order valence-electron chi connectivity index (χ0n) is 15.1. The molecule has 6 rings (SSSR count). The molecule has 0 radical (unpaired) electrons. The first-order valence-corrected chi connectivity index (χ1v) is 9.48.